The molecule has 7 nitrogen and oxygen atoms in total. The Bertz CT molecular complexity index is 1030. The number of ketones is 1. The molecular weight excluding hydrogens is 370 g/mol. The van der Waals surface area contributed by atoms with E-state index >= 15 is 0 Å². The van der Waals surface area contributed by atoms with Gasteiger partial charge in [-0.05, 0) is 25.1 Å². The maximum Gasteiger partial charge on any atom is 0.325 e. The first-order valence-electron chi connectivity index (χ1n) is 8.11. The number of aryl methyl sites for hydroxylation is 1. The molecule has 0 aliphatic rings. The number of nitrogens with zero attached hydrogens (tertiary/aromatic N) is 1. The Hall–Kier alpha value is -3.19. The average Bonchev–Trinajstić information content (AvgIpc) is 2.99. The van der Waals surface area contributed by atoms with E-state index in [0.29, 0.717) is 16.3 Å². The number of ether oxygens (including phenoxy) is 1. The summed E-state index contributed by atoms with van der Waals surface area (Å²) >= 11 is 5.79. The summed E-state index contributed by atoms with van der Waals surface area (Å²) in [6.07, 6.45) is 1.39. The van der Waals surface area contributed by atoms with Gasteiger partial charge in [-0.15, -0.1) is 0 Å². The second-order valence-corrected chi connectivity index (χ2v) is 6.23. The number of H-pyrrole nitrogens is 1. The van der Waals surface area contributed by atoms with E-state index in [4.69, 9.17) is 16.3 Å². The number of para-hydroxylation sites is 1. The number of carbonyl (C=O) groups is 3. The zero-order valence-electron chi connectivity index (χ0n) is 14.4. The van der Waals surface area contributed by atoms with Crippen LogP contribution >= 0.6 is 11.6 Å². The Morgan fingerprint density at radius 1 is 1.22 bits per heavy atom. The van der Waals surface area contributed by atoms with E-state index in [0.717, 1.165) is 10.9 Å². The van der Waals surface area contributed by atoms with Crippen LogP contribution in [0.25, 0.3) is 10.9 Å². The van der Waals surface area contributed by atoms with E-state index in [-0.39, 0.29) is 18.0 Å². The number of Topliss-reactive ketones (excluding diaryl/α,β-unsaturated/α-hetero) is 1. The Morgan fingerprint density at radius 3 is 2.78 bits per heavy atom. The largest absolute Gasteiger partial charge is 0.456 e. The lowest BCUT2D eigenvalue weighted by molar-refractivity contribution is -0.141. The van der Waals surface area contributed by atoms with Crippen LogP contribution in [-0.4, -0.2) is 40.8 Å². The highest BCUT2D eigenvalue weighted by atomic mass is 35.5. The summed E-state index contributed by atoms with van der Waals surface area (Å²) in [6, 6.07) is 10.3. The fourth-order valence-electron chi connectivity index (χ4n) is 2.68. The van der Waals surface area contributed by atoms with Crippen LogP contribution in [0.1, 0.15) is 26.5 Å². The molecule has 3 aromatic rings. The number of esters is 1. The fraction of sp³-hybridized carbons (Fsp3) is 0.158. The molecule has 0 unspecified atom stereocenters. The molecule has 8 heteroatoms. The second kappa shape index (κ2) is 8.01. The Kier molecular flexibility index (Phi) is 5.52. The first-order valence-corrected chi connectivity index (χ1v) is 8.49. The quantitative estimate of drug-likeness (QED) is 0.501. The predicted octanol–water partition coefficient (Wildman–Crippen LogP) is 2.68. The number of benzene rings is 1. The molecule has 0 saturated heterocycles. The SMILES string of the molecule is Cc1[nH]c2ccccc2c1C(=O)COC(=O)CNC(=O)c1cc(Cl)ccn1. The van der Waals surface area contributed by atoms with E-state index in [1.807, 2.05) is 24.3 Å². The van der Waals surface area contributed by atoms with Crippen molar-refractivity contribution in [2.75, 3.05) is 13.2 Å². The summed E-state index contributed by atoms with van der Waals surface area (Å²) in [7, 11) is 0. The predicted molar refractivity (Wildman–Crippen MR) is 99.9 cm³/mol. The third-order valence-electron chi connectivity index (χ3n) is 3.88. The first kappa shape index (κ1) is 18.6. The van der Waals surface area contributed by atoms with Crippen molar-refractivity contribution in [1.29, 1.82) is 0 Å². The van der Waals surface area contributed by atoms with Gasteiger partial charge in [-0.1, -0.05) is 29.8 Å². The minimum Gasteiger partial charge on any atom is -0.456 e. The van der Waals surface area contributed by atoms with Crippen LogP contribution in [0.3, 0.4) is 0 Å². The van der Waals surface area contributed by atoms with E-state index < -0.39 is 18.5 Å². The lowest BCUT2D eigenvalue weighted by Crippen LogP contribution is -2.32. The summed E-state index contributed by atoms with van der Waals surface area (Å²) in [5.74, 6) is -1.61. The highest BCUT2D eigenvalue weighted by Crippen LogP contribution is 2.22. The van der Waals surface area contributed by atoms with Crippen LogP contribution in [0.2, 0.25) is 5.02 Å². The average molecular weight is 386 g/mol. The molecule has 2 N–H and O–H groups in total. The highest BCUT2D eigenvalue weighted by molar-refractivity contribution is 6.30. The molecule has 3 rings (SSSR count). The van der Waals surface area contributed by atoms with Crippen LogP contribution in [0, 0.1) is 6.92 Å². The minimum absolute atomic E-state index is 0.0841. The van der Waals surface area contributed by atoms with Gasteiger partial charge in [-0.3, -0.25) is 19.4 Å². The van der Waals surface area contributed by atoms with Crippen molar-refractivity contribution in [3.63, 3.8) is 0 Å². The Morgan fingerprint density at radius 2 is 2.00 bits per heavy atom. The molecule has 0 radical (unpaired) electrons. The second-order valence-electron chi connectivity index (χ2n) is 5.80. The van der Waals surface area contributed by atoms with Crippen molar-refractivity contribution in [2.24, 2.45) is 0 Å². The Balaban J connectivity index is 1.55. The normalized spacial score (nSPS) is 10.6. The molecule has 0 aliphatic heterocycles. The van der Waals surface area contributed by atoms with E-state index in [9.17, 15) is 14.4 Å². The Labute approximate surface area is 159 Å². The van der Waals surface area contributed by atoms with Gasteiger partial charge in [0.1, 0.15) is 12.2 Å². The summed E-state index contributed by atoms with van der Waals surface area (Å²) in [5, 5.41) is 3.51. The number of rotatable bonds is 6. The molecule has 2 heterocycles. The summed E-state index contributed by atoms with van der Waals surface area (Å²) in [6.45, 7) is 0.993. The fourth-order valence-corrected chi connectivity index (χ4v) is 2.84. The third kappa shape index (κ3) is 4.32. The van der Waals surface area contributed by atoms with Gasteiger partial charge in [-0.2, -0.15) is 0 Å². The van der Waals surface area contributed by atoms with Crippen LogP contribution in [0.15, 0.2) is 42.6 Å². The molecule has 0 bridgehead atoms. The van der Waals surface area contributed by atoms with E-state index in [2.05, 4.69) is 15.3 Å². The molecule has 138 valence electrons. The topological polar surface area (TPSA) is 101 Å². The minimum atomic E-state index is -0.726. The molecule has 2 aromatic heterocycles. The highest BCUT2D eigenvalue weighted by Gasteiger charge is 2.18. The van der Waals surface area contributed by atoms with Gasteiger partial charge in [0.2, 0.25) is 5.78 Å². The molecular formula is C19H16ClN3O4. The maximum atomic E-state index is 12.4. The van der Waals surface area contributed by atoms with Gasteiger partial charge in [0.05, 0.1) is 0 Å². The van der Waals surface area contributed by atoms with Crippen molar-refractivity contribution in [3.8, 4) is 0 Å². The van der Waals surface area contributed by atoms with E-state index in [1.165, 1.54) is 18.3 Å². The molecule has 0 atom stereocenters. The van der Waals surface area contributed by atoms with Crippen molar-refractivity contribution in [2.45, 2.75) is 6.92 Å². The van der Waals surface area contributed by atoms with Gasteiger partial charge in [0.15, 0.2) is 6.61 Å². The van der Waals surface area contributed by atoms with Crippen LogP contribution in [0.5, 0.6) is 0 Å². The smallest absolute Gasteiger partial charge is 0.325 e. The van der Waals surface area contributed by atoms with Gasteiger partial charge >= 0.3 is 5.97 Å². The zero-order valence-corrected chi connectivity index (χ0v) is 15.2. The maximum absolute atomic E-state index is 12.4. The number of pyridine rings is 1. The summed E-state index contributed by atoms with van der Waals surface area (Å²) in [5.41, 5.74) is 2.12. The summed E-state index contributed by atoms with van der Waals surface area (Å²) < 4.78 is 4.98. The molecule has 1 amide bonds. The lowest BCUT2D eigenvalue weighted by Gasteiger charge is -2.06. The van der Waals surface area contributed by atoms with Gasteiger partial charge < -0.3 is 15.0 Å². The van der Waals surface area contributed by atoms with Gasteiger partial charge in [0, 0.05) is 33.4 Å². The van der Waals surface area contributed by atoms with Crippen LogP contribution in [-0.2, 0) is 9.53 Å². The molecule has 0 saturated carbocycles. The number of amides is 1. The molecule has 0 fully saturated rings. The number of nitrogens with one attached hydrogen (secondary N) is 2. The number of halogens is 1. The molecule has 0 spiro atoms. The lowest BCUT2D eigenvalue weighted by atomic mass is 10.1. The first-order chi connectivity index (χ1) is 13.0. The number of fused-ring (bicyclic) bond motifs is 1. The van der Waals surface area contributed by atoms with Gasteiger partial charge in [-0.25, -0.2) is 0 Å². The number of hydrogen-bond donors (Lipinski definition) is 2. The molecule has 0 aliphatic carbocycles. The van der Waals surface area contributed by atoms with Crippen molar-refractivity contribution in [3.05, 3.63) is 64.6 Å². The molecule has 27 heavy (non-hydrogen) atoms. The molecule has 1 aromatic carbocycles. The summed E-state index contributed by atoms with van der Waals surface area (Å²) in [4.78, 5) is 43.1. The van der Waals surface area contributed by atoms with E-state index in [1.54, 1.807) is 6.92 Å². The van der Waals surface area contributed by atoms with Crippen LogP contribution in [0.4, 0.5) is 0 Å². The zero-order chi connectivity index (χ0) is 19.4. The third-order valence-corrected chi connectivity index (χ3v) is 4.12. The number of carbonyl (C=O) groups excluding carboxylic acids is 3. The monoisotopic (exact) mass is 385 g/mol. The number of aromatic nitrogens is 2. The van der Waals surface area contributed by atoms with Crippen molar-refractivity contribution < 1.29 is 19.1 Å². The van der Waals surface area contributed by atoms with Gasteiger partial charge in [0.25, 0.3) is 5.91 Å². The van der Waals surface area contributed by atoms with Crippen molar-refractivity contribution >= 4 is 40.2 Å². The van der Waals surface area contributed by atoms with Crippen molar-refractivity contribution in [1.82, 2.24) is 15.3 Å². The standard InChI is InChI=1S/C19H16ClN3O4/c1-11-18(13-4-2-3-5-14(13)23-11)16(24)10-27-17(25)9-22-19(26)15-8-12(20)6-7-21-15/h2-8,23H,9-10H2,1H3,(H,22,26). The number of hydrogen-bond acceptors (Lipinski definition) is 5. The van der Waals surface area contributed by atoms with Crippen LogP contribution < -0.4 is 5.32 Å². The number of aromatic amines is 1.